The zero-order valence-corrected chi connectivity index (χ0v) is 36.7. The quantitative estimate of drug-likeness (QED) is 0.153. The first-order chi connectivity index (χ1) is 31.5. The number of hydrogen-bond donors (Lipinski definition) is 0. The van der Waals surface area contributed by atoms with Gasteiger partial charge in [-0.1, -0.05) is 171 Å². The van der Waals surface area contributed by atoms with E-state index in [1.807, 2.05) is 24.3 Å². The Bertz CT molecular complexity index is 3200. The van der Waals surface area contributed by atoms with E-state index >= 15 is 0 Å². The first kappa shape index (κ1) is 39.4. The molecule has 0 fully saturated rings. The van der Waals surface area contributed by atoms with E-state index in [9.17, 15) is 0 Å². The molecule has 0 saturated carbocycles. The number of aromatic nitrogens is 4. The summed E-state index contributed by atoms with van der Waals surface area (Å²) in [6.45, 7) is 6.93. The predicted octanol–water partition coefficient (Wildman–Crippen LogP) is 15.1. The molecule has 8 aromatic rings. The van der Waals surface area contributed by atoms with E-state index in [1.165, 1.54) is 72.7 Å². The molecular formula is C60H50N4. The third-order valence-electron chi connectivity index (χ3n) is 13.4. The fraction of sp³-hybridized carbons (Fsp3) is 0.150. The van der Waals surface area contributed by atoms with Crippen LogP contribution in [-0.4, -0.2) is 19.5 Å². The standard InChI is InChI=1S/C60H50N4/c1-39-28-33-54-55-35-34-52(41(3)57(55)64(56(54)36-39)50-25-14-23-48(38-50)45-31-29-44(30-32-45)42-16-7-4-8-17-42)51-26-15-27-53(40(51)2)60-62-58(46-20-11-6-12-21-46)61-59(63-60)49-24-13-22-47(37-49)43-18-9-5-10-19-43/h5-7,9-33,37-39H,4,8,34-36H2,1-3H3. The Kier molecular flexibility index (Phi) is 10.3. The maximum atomic E-state index is 5.25. The summed E-state index contributed by atoms with van der Waals surface area (Å²) >= 11 is 0. The van der Waals surface area contributed by atoms with Gasteiger partial charge in [0.2, 0.25) is 0 Å². The van der Waals surface area contributed by atoms with Gasteiger partial charge < -0.3 is 4.57 Å². The molecule has 0 aliphatic heterocycles. The van der Waals surface area contributed by atoms with E-state index in [1.54, 1.807) is 0 Å². The minimum absolute atomic E-state index is 0.469. The zero-order valence-electron chi connectivity index (χ0n) is 36.7. The Labute approximate surface area is 376 Å². The normalized spacial score (nSPS) is 15.5. The average Bonchev–Trinajstić information content (AvgIpc) is 3.69. The minimum atomic E-state index is 0.469. The number of fused-ring (bicyclic) bond motifs is 3. The molecule has 11 rings (SSSR count). The molecule has 4 nitrogen and oxygen atoms in total. The van der Waals surface area contributed by atoms with Gasteiger partial charge in [-0.15, -0.1) is 0 Å². The molecule has 1 unspecified atom stereocenters. The smallest absolute Gasteiger partial charge is 0.164 e. The number of nitrogens with zero attached hydrogens (tertiary/aromatic N) is 4. The monoisotopic (exact) mass is 826 g/mol. The maximum Gasteiger partial charge on any atom is 0.164 e. The third kappa shape index (κ3) is 7.29. The molecule has 0 bridgehead atoms. The van der Waals surface area contributed by atoms with Gasteiger partial charge in [0, 0.05) is 28.1 Å². The van der Waals surface area contributed by atoms with E-state index < -0.39 is 0 Å². The summed E-state index contributed by atoms with van der Waals surface area (Å²) < 4.78 is 2.60. The second-order valence-electron chi connectivity index (χ2n) is 17.5. The van der Waals surface area contributed by atoms with Crippen molar-refractivity contribution in [3.05, 3.63) is 215 Å². The molecule has 1 atom stereocenters. The lowest BCUT2D eigenvalue weighted by atomic mass is 9.82. The molecule has 3 aliphatic carbocycles. The molecule has 4 heteroatoms. The van der Waals surface area contributed by atoms with E-state index in [-0.39, 0.29) is 0 Å². The third-order valence-corrected chi connectivity index (χ3v) is 13.4. The SMILES string of the molecule is CC1=C(c2cccc(-c3nc(-c4ccccc4)nc(-c4cccc(-c5ccccc5)c4)n3)c2C)CCc2c3c(n(-c4cccc(-c5ccc(C6=CCCC=C6)cc5)c4)c21)CC(C)C=C3. The van der Waals surface area contributed by atoms with Gasteiger partial charge in [-0.3, -0.25) is 0 Å². The van der Waals surface area contributed by atoms with Gasteiger partial charge in [-0.05, 0) is 137 Å². The van der Waals surface area contributed by atoms with Crippen LogP contribution < -0.4 is 0 Å². The molecule has 64 heavy (non-hydrogen) atoms. The lowest BCUT2D eigenvalue weighted by molar-refractivity contribution is 0.686. The summed E-state index contributed by atoms with van der Waals surface area (Å²) in [6, 6.07) is 54.2. The Morgan fingerprint density at radius 1 is 0.531 bits per heavy atom. The zero-order chi connectivity index (χ0) is 43.1. The molecule has 3 aliphatic rings. The van der Waals surface area contributed by atoms with Crippen LogP contribution in [0.3, 0.4) is 0 Å². The average molecular weight is 827 g/mol. The summed E-state index contributed by atoms with van der Waals surface area (Å²) in [4.78, 5) is 15.5. The molecule has 0 amide bonds. The van der Waals surface area contributed by atoms with Crippen molar-refractivity contribution >= 4 is 22.8 Å². The fourth-order valence-corrected chi connectivity index (χ4v) is 10.1. The molecule has 0 spiro atoms. The van der Waals surface area contributed by atoms with E-state index in [0.29, 0.717) is 23.4 Å². The van der Waals surface area contributed by atoms with Crippen LogP contribution in [0.4, 0.5) is 0 Å². The summed E-state index contributed by atoms with van der Waals surface area (Å²) in [5.41, 5.74) is 22.3. The van der Waals surface area contributed by atoms with Crippen LogP contribution in [0.2, 0.25) is 0 Å². The summed E-state index contributed by atoms with van der Waals surface area (Å²) in [6.07, 6.45) is 16.9. The number of allylic oxidation sites excluding steroid dienone is 7. The Morgan fingerprint density at radius 3 is 1.92 bits per heavy atom. The van der Waals surface area contributed by atoms with Gasteiger partial charge in [0.25, 0.3) is 0 Å². The van der Waals surface area contributed by atoms with Crippen LogP contribution in [-0.2, 0) is 12.8 Å². The van der Waals surface area contributed by atoms with E-state index in [4.69, 9.17) is 15.0 Å². The van der Waals surface area contributed by atoms with Gasteiger partial charge in [0.1, 0.15) is 0 Å². The maximum absolute atomic E-state index is 5.25. The number of rotatable bonds is 8. The van der Waals surface area contributed by atoms with Gasteiger partial charge in [0.15, 0.2) is 17.5 Å². The predicted molar refractivity (Wildman–Crippen MR) is 267 cm³/mol. The molecule has 0 saturated heterocycles. The summed E-state index contributed by atoms with van der Waals surface area (Å²) in [5, 5.41) is 0. The molecule has 2 aromatic heterocycles. The highest BCUT2D eigenvalue weighted by Crippen LogP contribution is 2.46. The highest BCUT2D eigenvalue weighted by molar-refractivity contribution is 5.96. The van der Waals surface area contributed by atoms with E-state index in [0.717, 1.165) is 59.9 Å². The molecule has 2 heterocycles. The Hall–Kier alpha value is -7.43. The van der Waals surface area contributed by atoms with Crippen molar-refractivity contribution < 1.29 is 0 Å². The fourth-order valence-electron chi connectivity index (χ4n) is 10.1. The van der Waals surface area contributed by atoms with Crippen molar-refractivity contribution in [3.8, 4) is 62.1 Å². The topological polar surface area (TPSA) is 43.6 Å². The Morgan fingerprint density at radius 2 is 1.16 bits per heavy atom. The lowest BCUT2D eigenvalue weighted by Crippen LogP contribution is -2.11. The Balaban J connectivity index is 1.02. The van der Waals surface area contributed by atoms with Crippen LogP contribution in [0.15, 0.2) is 176 Å². The minimum Gasteiger partial charge on any atom is -0.313 e. The molecular weight excluding hydrogens is 777 g/mol. The van der Waals surface area contributed by atoms with Crippen LogP contribution >= 0.6 is 0 Å². The van der Waals surface area contributed by atoms with Gasteiger partial charge in [-0.2, -0.15) is 0 Å². The lowest BCUT2D eigenvalue weighted by Gasteiger charge is -2.24. The summed E-state index contributed by atoms with van der Waals surface area (Å²) in [7, 11) is 0. The van der Waals surface area contributed by atoms with Crippen molar-refractivity contribution in [2.45, 2.75) is 52.9 Å². The van der Waals surface area contributed by atoms with E-state index in [2.05, 4.69) is 183 Å². The molecule has 0 N–H and O–H groups in total. The van der Waals surface area contributed by atoms with Crippen LogP contribution in [0.25, 0.3) is 84.9 Å². The first-order valence-corrected chi connectivity index (χ1v) is 22.8. The van der Waals surface area contributed by atoms with Crippen molar-refractivity contribution in [1.29, 1.82) is 0 Å². The van der Waals surface area contributed by atoms with Crippen molar-refractivity contribution in [3.63, 3.8) is 0 Å². The second-order valence-corrected chi connectivity index (χ2v) is 17.5. The van der Waals surface area contributed by atoms with Crippen LogP contribution in [0, 0.1) is 12.8 Å². The first-order valence-electron chi connectivity index (χ1n) is 22.8. The van der Waals surface area contributed by atoms with Crippen molar-refractivity contribution in [2.24, 2.45) is 5.92 Å². The van der Waals surface area contributed by atoms with Crippen LogP contribution in [0.1, 0.15) is 72.3 Å². The molecule has 310 valence electrons. The largest absolute Gasteiger partial charge is 0.313 e. The van der Waals surface area contributed by atoms with Gasteiger partial charge >= 0.3 is 0 Å². The van der Waals surface area contributed by atoms with Gasteiger partial charge in [0.05, 0.1) is 5.69 Å². The molecule has 6 aromatic carbocycles. The summed E-state index contributed by atoms with van der Waals surface area (Å²) in [5.74, 6) is 2.47. The number of benzene rings is 6. The highest BCUT2D eigenvalue weighted by Gasteiger charge is 2.31. The van der Waals surface area contributed by atoms with Crippen LogP contribution in [0.5, 0.6) is 0 Å². The number of hydrogen-bond acceptors (Lipinski definition) is 3. The van der Waals surface area contributed by atoms with Crippen molar-refractivity contribution in [2.75, 3.05) is 0 Å². The van der Waals surface area contributed by atoms with Crippen molar-refractivity contribution in [1.82, 2.24) is 19.5 Å². The second kappa shape index (κ2) is 16.7. The van der Waals surface area contributed by atoms with Gasteiger partial charge in [-0.25, -0.2) is 15.0 Å². The highest BCUT2D eigenvalue weighted by atomic mass is 15.0. The molecule has 0 radical (unpaired) electrons.